The molecule has 2 heteroatoms. The van der Waals surface area contributed by atoms with Crippen molar-refractivity contribution in [2.75, 3.05) is 18.4 Å². The second-order valence-electron chi connectivity index (χ2n) is 3.31. The Kier molecular flexibility index (Phi) is 4.46. The molecule has 66 valence electrons. The summed E-state index contributed by atoms with van der Waals surface area (Å²) >= 11 is 3.50. The van der Waals surface area contributed by atoms with Crippen molar-refractivity contribution in [3.8, 4) is 0 Å². The summed E-state index contributed by atoms with van der Waals surface area (Å²) in [6.45, 7) is 4.79. The van der Waals surface area contributed by atoms with Crippen LogP contribution in [0.1, 0.15) is 32.6 Å². The van der Waals surface area contributed by atoms with E-state index in [1.165, 1.54) is 38.8 Å². The fraction of sp³-hybridized carbons (Fsp3) is 1.00. The van der Waals surface area contributed by atoms with Crippen LogP contribution >= 0.6 is 15.9 Å². The van der Waals surface area contributed by atoms with Crippen molar-refractivity contribution in [3.63, 3.8) is 0 Å². The van der Waals surface area contributed by atoms with Gasteiger partial charge in [-0.1, -0.05) is 29.3 Å². The number of hydrogen-bond donors (Lipinski definition) is 0. The van der Waals surface area contributed by atoms with Crippen molar-refractivity contribution < 1.29 is 0 Å². The zero-order valence-corrected chi connectivity index (χ0v) is 8.94. The molecule has 0 aliphatic heterocycles. The van der Waals surface area contributed by atoms with Gasteiger partial charge in [0.2, 0.25) is 0 Å². The van der Waals surface area contributed by atoms with Crippen LogP contribution in [0.25, 0.3) is 0 Å². The van der Waals surface area contributed by atoms with Crippen molar-refractivity contribution in [3.05, 3.63) is 0 Å². The molecule has 1 fully saturated rings. The Bertz CT molecular complexity index is 95.7. The highest BCUT2D eigenvalue weighted by Crippen LogP contribution is 2.24. The third-order valence-electron chi connectivity index (χ3n) is 2.47. The first-order valence-electron chi connectivity index (χ1n) is 4.68. The topological polar surface area (TPSA) is 3.24 Å². The summed E-state index contributed by atoms with van der Waals surface area (Å²) in [5.41, 5.74) is 0. The molecule has 0 unspecified atom stereocenters. The van der Waals surface area contributed by atoms with Crippen molar-refractivity contribution in [1.29, 1.82) is 0 Å². The van der Waals surface area contributed by atoms with E-state index in [1.807, 2.05) is 0 Å². The van der Waals surface area contributed by atoms with Gasteiger partial charge in [0.1, 0.15) is 0 Å². The van der Waals surface area contributed by atoms with Crippen molar-refractivity contribution in [2.24, 2.45) is 0 Å². The van der Waals surface area contributed by atoms with Crippen molar-refractivity contribution >= 4 is 15.9 Å². The second-order valence-corrected chi connectivity index (χ2v) is 4.10. The lowest BCUT2D eigenvalue weighted by Crippen LogP contribution is -2.41. The third kappa shape index (κ3) is 2.75. The Hall–Kier alpha value is 0.440. The summed E-state index contributed by atoms with van der Waals surface area (Å²) in [4.78, 5) is 2.62. The van der Waals surface area contributed by atoms with Crippen LogP contribution in [0.15, 0.2) is 0 Å². The van der Waals surface area contributed by atoms with E-state index >= 15 is 0 Å². The van der Waals surface area contributed by atoms with Crippen LogP contribution in [0, 0.1) is 0 Å². The smallest absolute Gasteiger partial charge is 0.0159 e. The maximum Gasteiger partial charge on any atom is 0.0159 e. The molecule has 0 heterocycles. The molecule has 0 saturated heterocycles. The average Bonchev–Trinajstić information content (AvgIpc) is 1.85. The van der Waals surface area contributed by atoms with Crippen LogP contribution in [0.3, 0.4) is 0 Å². The largest absolute Gasteiger partial charge is 0.300 e. The number of rotatable bonds is 5. The van der Waals surface area contributed by atoms with E-state index in [4.69, 9.17) is 0 Å². The number of halogens is 1. The fourth-order valence-electron chi connectivity index (χ4n) is 1.62. The number of alkyl halides is 1. The number of nitrogens with zero attached hydrogens (tertiary/aromatic N) is 1. The molecule has 1 rings (SSSR count). The first-order chi connectivity index (χ1) is 5.38. The van der Waals surface area contributed by atoms with Crippen molar-refractivity contribution in [1.82, 2.24) is 4.90 Å². The van der Waals surface area contributed by atoms with Gasteiger partial charge in [-0.25, -0.2) is 0 Å². The van der Waals surface area contributed by atoms with Crippen LogP contribution in [0.4, 0.5) is 0 Å². The molecule has 1 saturated carbocycles. The van der Waals surface area contributed by atoms with E-state index in [-0.39, 0.29) is 0 Å². The lowest BCUT2D eigenvalue weighted by Gasteiger charge is -2.37. The Balaban J connectivity index is 2.19. The molecule has 0 spiro atoms. The van der Waals surface area contributed by atoms with E-state index < -0.39 is 0 Å². The standard InChI is InChI=1S/C9H18BrN/c1-2-7-11(8-6-10)9-4-3-5-9/h9H,2-8H2,1H3. The molecule has 0 amide bonds. The minimum absolute atomic E-state index is 0.924. The second kappa shape index (κ2) is 5.15. The summed E-state index contributed by atoms with van der Waals surface area (Å²) in [7, 11) is 0. The lowest BCUT2D eigenvalue weighted by atomic mass is 9.91. The summed E-state index contributed by atoms with van der Waals surface area (Å²) in [5, 5.41) is 1.13. The molecule has 11 heavy (non-hydrogen) atoms. The maximum atomic E-state index is 3.50. The molecule has 1 nitrogen and oxygen atoms in total. The Morgan fingerprint density at radius 3 is 2.45 bits per heavy atom. The van der Waals surface area contributed by atoms with E-state index in [0.29, 0.717) is 0 Å². The quantitative estimate of drug-likeness (QED) is 0.644. The van der Waals surface area contributed by atoms with Gasteiger partial charge in [0, 0.05) is 17.9 Å². The molecule has 0 bridgehead atoms. The van der Waals surface area contributed by atoms with Crippen LogP contribution in [-0.2, 0) is 0 Å². The monoisotopic (exact) mass is 219 g/mol. The van der Waals surface area contributed by atoms with Gasteiger partial charge in [-0.05, 0) is 25.8 Å². The highest BCUT2D eigenvalue weighted by atomic mass is 79.9. The maximum absolute atomic E-state index is 3.50. The van der Waals surface area contributed by atoms with Gasteiger partial charge < -0.3 is 0 Å². The van der Waals surface area contributed by atoms with E-state index in [2.05, 4.69) is 27.8 Å². The SMILES string of the molecule is CCCN(CCBr)C1CCC1. The Morgan fingerprint density at radius 1 is 1.36 bits per heavy atom. The molecule has 0 aromatic carbocycles. The molecular weight excluding hydrogens is 202 g/mol. The molecule has 0 aromatic rings. The predicted octanol–water partition coefficient (Wildman–Crippen LogP) is 2.65. The Labute approximate surface area is 78.3 Å². The van der Waals surface area contributed by atoms with Crippen LogP contribution in [0.2, 0.25) is 0 Å². The van der Waals surface area contributed by atoms with Crippen LogP contribution in [-0.4, -0.2) is 29.4 Å². The molecular formula is C9H18BrN. The minimum atomic E-state index is 0.924. The fourth-order valence-corrected chi connectivity index (χ4v) is 2.08. The van der Waals surface area contributed by atoms with E-state index in [9.17, 15) is 0 Å². The van der Waals surface area contributed by atoms with Crippen molar-refractivity contribution in [2.45, 2.75) is 38.6 Å². The molecule has 0 N–H and O–H groups in total. The molecule has 1 aliphatic carbocycles. The normalized spacial score (nSPS) is 18.8. The van der Waals surface area contributed by atoms with Crippen LogP contribution < -0.4 is 0 Å². The van der Waals surface area contributed by atoms with E-state index in [1.54, 1.807) is 0 Å². The molecule has 0 atom stereocenters. The zero-order valence-electron chi connectivity index (χ0n) is 7.35. The highest BCUT2D eigenvalue weighted by molar-refractivity contribution is 9.09. The van der Waals surface area contributed by atoms with Gasteiger partial charge in [-0.3, -0.25) is 4.90 Å². The van der Waals surface area contributed by atoms with Gasteiger partial charge >= 0.3 is 0 Å². The zero-order chi connectivity index (χ0) is 8.10. The van der Waals surface area contributed by atoms with Crippen LogP contribution in [0.5, 0.6) is 0 Å². The average molecular weight is 220 g/mol. The van der Waals surface area contributed by atoms with Gasteiger partial charge in [-0.15, -0.1) is 0 Å². The minimum Gasteiger partial charge on any atom is -0.300 e. The molecule has 0 aromatic heterocycles. The Morgan fingerprint density at radius 2 is 2.09 bits per heavy atom. The van der Waals surface area contributed by atoms with Gasteiger partial charge in [0.05, 0.1) is 0 Å². The van der Waals surface area contributed by atoms with Gasteiger partial charge in [-0.2, -0.15) is 0 Å². The highest BCUT2D eigenvalue weighted by Gasteiger charge is 2.23. The summed E-state index contributed by atoms with van der Waals surface area (Å²) in [6, 6.07) is 0.924. The van der Waals surface area contributed by atoms with E-state index in [0.717, 1.165) is 11.4 Å². The first-order valence-corrected chi connectivity index (χ1v) is 5.80. The van der Waals surface area contributed by atoms with Gasteiger partial charge in [0.15, 0.2) is 0 Å². The molecule has 0 radical (unpaired) electrons. The summed E-state index contributed by atoms with van der Waals surface area (Å²) in [5.74, 6) is 0. The first kappa shape index (κ1) is 9.53. The summed E-state index contributed by atoms with van der Waals surface area (Å²) in [6.07, 6.45) is 5.62. The summed E-state index contributed by atoms with van der Waals surface area (Å²) < 4.78 is 0. The lowest BCUT2D eigenvalue weighted by molar-refractivity contribution is 0.136. The third-order valence-corrected chi connectivity index (χ3v) is 2.83. The molecule has 1 aliphatic rings. The predicted molar refractivity (Wildman–Crippen MR) is 53.3 cm³/mol. The van der Waals surface area contributed by atoms with Gasteiger partial charge in [0.25, 0.3) is 0 Å². The number of hydrogen-bond acceptors (Lipinski definition) is 1.